The molecule has 0 aromatic heterocycles. The predicted octanol–water partition coefficient (Wildman–Crippen LogP) is 3.55. The van der Waals surface area contributed by atoms with E-state index in [1.54, 1.807) is 22.6 Å². The molecule has 0 fully saturated rings. The lowest BCUT2D eigenvalue weighted by Crippen LogP contribution is -2.10. The highest BCUT2D eigenvalue weighted by Gasteiger charge is 2.33. The molecule has 1 aromatic rings. The summed E-state index contributed by atoms with van der Waals surface area (Å²) >= 11 is 7.17. The maximum atomic E-state index is 12.3. The van der Waals surface area contributed by atoms with Gasteiger partial charge in [-0.15, -0.1) is 0 Å². The summed E-state index contributed by atoms with van der Waals surface area (Å²) in [6, 6.07) is 2.20. The predicted molar refractivity (Wildman–Crippen MR) is 53.6 cm³/mol. The van der Waals surface area contributed by atoms with Crippen LogP contribution in [0, 0.1) is 3.57 Å². The first-order chi connectivity index (χ1) is 5.82. The van der Waals surface area contributed by atoms with Crippen molar-refractivity contribution in [3.63, 3.8) is 0 Å². The zero-order valence-electron chi connectivity index (χ0n) is 6.12. The highest BCUT2D eigenvalue weighted by atomic mass is 127. The fraction of sp³-hybridized carbons (Fsp3) is 0.143. The van der Waals surface area contributed by atoms with Crippen molar-refractivity contribution in [3.05, 3.63) is 26.3 Å². The van der Waals surface area contributed by atoms with E-state index in [0.29, 0.717) is 3.57 Å². The lowest BCUT2D eigenvalue weighted by Gasteiger charge is -2.11. The maximum Gasteiger partial charge on any atom is 0.418 e. The lowest BCUT2D eigenvalue weighted by atomic mass is 10.2. The third kappa shape index (κ3) is 2.40. The molecule has 0 saturated heterocycles. The van der Waals surface area contributed by atoms with Gasteiger partial charge in [0.05, 0.1) is 11.3 Å². The molecular weight excluding hydrogens is 317 g/mol. The molecule has 72 valence electrons. The van der Waals surface area contributed by atoms with Gasteiger partial charge in [0.1, 0.15) is 0 Å². The van der Waals surface area contributed by atoms with Crippen molar-refractivity contribution in [2.45, 2.75) is 6.18 Å². The van der Waals surface area contributed by atoms with Crippen molar-refractivity contribution < 1.29 is 13.2 Å². The van der Waals surface area contributed by atoms with Gasteiger partial charge in [-0.05, 0) is 34.7 Å². The van der Waals surface area contributed by atoms with Gasteiger partial charge in [0.2, 0.25) is 0 Å². The first kappa shape index (κ1) is 10.9. The molecular formula is C7H4ClF3IN. The minimum absolute atomic E-state index is 0.0333. The van der Waals surface area contributed by atoms with Gasteiger partial charge in [-0.25, -0.2) is 0 Å². The van der Waals surface area contributed by atoms with Crippen LogP contribution in [0.4, 0.5) is 18.9 Å². The summed E-state index contributed by atoms with van der Waals surface area (Å²) in [5, 5.41) is 0.0333. The van der Waals surface area contributed by atoms with Crippen LogP contribution in [0.3, 0.4) is 0 Å². The van der Waals surface area contributed by atoms with Crippen molar-refractivity contribution in [2.24, 2.45) is 0 Å². The van der Waals surface area contributed by atoms with Gasteiger partial charge in [-0.2, -0.15) is 13.2 Å². The average molecular weight is 321 g/mol. The minimum Gasteiger partial charge on any atom is -0.397 e. The first-order valence-corrected chi connectivity index (χ1v) is 4.60. The van der Waals surface area contributed by atoms with Gasteiger partial charge < -0.3 is 5.73 Å². The van der Waals surface area contributed by atoms with Crippen LogP contribution in [-0.2, 0) is 6.18 Å². The molecule has 0 aliphatic heterocycles. The van der Waals surface area contributed by atoms with Gasteiger partial charge in [0.15, 0.2) is 0 Å². The van der Waals surface area contributed by atoms with Crippen LogP contribution >= 0.6 is 34.2 Å². The third-order valence-electron chi connectivity index (χ3n) is 1.40. The first-order valence-electron chi connectivity index (χ1n) is 3.14. The van der Waals surface area contributed by atoms with Gasteiger partial charge >= 0.3 is 6.18 Å². The summed E-state index contributed by atoms with van der Waals surface area (Å²) in [5.74, 6) is 0. The van der Waals surface area contributed by atoms with E-state index < -0.39 is 11.7 Å². The zero-order chi connectivity index (χ0) is 10.2. The van der Waals surface area contributed by atoms with Gasteiger partial charge in [-0.3, -0.25) is 0 Å². The zero-order valence-corrected chi connectivity index (χ0v) is 9.04. The molecule has 2 N–H and O–H groups in total. The van der Waals surface area contributed by atoms with Crippen LogP contribution in [0.5, 0.6) is 0 Å². The second-order valence-corrected chi connectivity index (χ2v) is 3.95. The molecule has 6 heteroatoms. The molecule has 0 atom stereocenters. The monoisotopic (exact) mass is 321 g/mol. The Kier molecular flexibility index (Phi) is 2.96. The highest BCUT2D eigenvalue weighted by Crippen LogP contribution is 2.37. The third-order valence-corrected chi connectivity index (χ3v) is 2.51. The Morgan fingerprint density at radius 2 is 1.85 bits per heavy atom. The second kappa shape index (κ2) is 3.53. The summed E-state index contributed by atoms with van der Waals surface area (Å²) in [6.45, 7) is 0. The highest BCUT2D eigenvalue weighted by molar-refractivity contribution is 14.1. The smallest absolute Gasteiger partial charge is 0.397 e. The van der Waals surface area contributed by atoms with Crippen LogP contribution < -0.4 is 5.73 Å². The summed E-state index contributed by atoms with van der Waals surface area (Å²) in [4.78, 5) is 0. The van der Waals surface area contributed by atoms with Crippen LogP contribution in [0.2, 0.25) is 5.02 Å². The van der Waals surface area contributed by atoms with Crippen LogP contribution in [0.15, 0.2) is 12.1 Å². The molecule has 1 rings (SSSR count). The minimum atomic E-state index is -4.45. The van der Waals surface area contributed by atoms with Crippen LogP contribution in [0.25, 0.3) is 0 Å². The summed E-state index contributed by atoms with van der Waals surface area (Å²) in [6.07, 6.45) is -4.45. The van der Waals surface area contributed by atoms with E-state index in [4.69, 9.17) is 17.3 Å². The Balaban J connectivity index is 3.37. The second-order valence-electron chi connectivity index (χ2n) is 2.35. The summed E-state index contributed by atoms with van der Waals surface area (Å²) < 4.78 is 37.1. The topological polar surface area (TPSA) is 26.0 Å². The van der Waals surface area contributed by atoms with Gasteiger partial charge in [0, 0.05) is 8.59 Å². The van der Waals surface area contributed by atoms with Gasteiger partial charge in [0.25, 0.3) is 0 Å². The molecule has 0 spiro atoms. The van der Waals surface area contributed by atoms with Gasteiger partial charge in [-0.1, -0.05) is 11.6 Å². The lowest BCUT2D eigenvalue weighted by molar-refractivity contribution is -0.136. The molecule has 1 aromatic carbocycles. The number of nitrogen functional groups attached to an aromatic ring is 1. The quantitative estimate of drug-likeness (QED) is 0.574. The number of nitrogens with two attached hydrogens (primary N) is 1. The number of rotatable bonds is 0. The van der Waals surface area contributed by atoms with E-state index in [1.165, 1.54) is 6.07 Å². The van der Waals surface area contributed by atoms with Crippen molar-refractivity contribution in [2.75, 3.05) is 5.73 Å². The van der Waals surface area contributed by atoms with E-state index >= 15 is 0 Å². The van der Waals surface area contributed by atoms with E-state index in [2.05, 4.69) is 0 Å². The Morgan fingerprint density at radius 3 is 2.31 bits per heavy atom. The largest absolute Gasteiger partial charge is 0.418 e. The number of alkyl halides is 3. The van der Waals surface area contributed by atoms with Crippen molar-refractivity contribution in [1.82, 2.24) is 0 Å². The molecule has 0 bridgehead atoms. The number of anilines is 1. The van der Waals surface area contributed by atoms with E-state index in [9.17, 15) is 13.2 Å². The van der Waals surface area contributed by atoms with E-state index in [-0.39, 0.29) is 10.7 Å². The van der Waals surface area contributed by atoms with E-state index in [1.807, 2.05) is 0 Å². The van der Waals surface area contributed by atoms with Crippen molar-refractivity contribution in [1.29, 1.82) is 0 Å². The fourth-order valence-electron chi connectivity index (χ4n) is 0.819. The molecule has 0 amide bonds. The molecule has 13 heavy (non-hydrogen) atoms. The Bertz CT molecular complexity index is 337. The van der Waals surface area contributed by atoms with Crippen molar-refractivity contribution >= 4 is 39.9 Å². The Hall–Kier alpha value is -0.170. The summed E-state index contributed by atoms with van der Waals surface area (Å²) in [5.41, 5.74) is 4.09. The molecule has 0 unspecified atom stereocenters. The number of benzene rings is 1. The molecule has 0 aliphatic carbocycles. The standard InChI is InChI=1S/C7H4ClF3IN/c8-3-1-4(7(9,10)11)6(13)5(12)2-3/h1-2H,13H2. The normalized spacial score (nSPS) is 11.8. The fourth-order valence-corrected chi connectivity index (χ4v) is 1.85. The average Bonchev–Trinajstić information content (AvgIpc) is 1.94. The van der Waals surface area contributed by atoms with Crippen LogP contribution in [0.1, 0.15) is 5.56 Å². The molecule has 0 heterocycles. The number of hydrogen-bond donors (Lipinski definition) is 1. The maximum absolute atomic E-state index is 12.3. The molecule has 0 aliphatic rings. The summed E-state index contributed by atoms with van der Waals surface area (Å²) in [7, 11) is 0. The Labute approximate surface area is 91.2 Å². The number of halogens is 5. The van der Waals surface area contributed by atoms with E-state index in [0.717, 1.165) is 6.07 Å². The molecule has 0 radical (unpaired) electrons. The number of hydrogen-bond acceptors (Lipinski definition) is 1. The Morgan fingerprint density at radius 1 is 1.31 bits per heavy atom. The molecule has 0 saturated carbocycles. The molecule has 1 nitrogen and oxygen atoms in total. The SMILES string of the molecule is Nc1c(I)cc(Cl)cc1C(F)(F)F. The van der Waals surface area contributed by atoms with Crippen molar-refractivity contribution in [3.8, 4) is 0 Å². The van der Waals surface area contributed by atoms with Crippen LogP contribution in [-0.4, -0.2) is 0 Å².